The maximum Gasteiger partial charge on any atom is 0.286 e. The lowest BCUT2D eigenvalue weighted by atomic mass is 10.2. The number of hydrogen-bond donors (Lipinski definition) is 0. The summed E-state index contributed by atoms with van der Waals surface area (Å²) >= 11 is 9.87. The number of nitrogens with zero attached hydrogens (tertiary/aromatic N) is 4. The van der Waals surface area contributed by atoms with E-state index in [1.807, 2.05) is 60.3 Å². The number of piperazine rings is 1. The summed E-state index contributed by atoms with van der Waals surface area (Å²) in [4.78, 5) is 17.5. The fourth-order valence-electron chi connectivity index (χ4n) is 3.71. The summed E-state index contributed by atoms with van der Waals surface area (Å²) in [5, 5.41) is 0.793. The van der Waals surface area contributed by atoms with Crippen molar-refractivity contribution in [1.82, 2.24) is 14.3 Å². The van der Waals surface area contributed by atoms with Gasteiger partial charge in [0.1, 0.15) is 4.47 Å². The largest absolute Gasteiger partial charge is 0.368 e. The second-order valence-electron chi connectivity index (χ2n) is 6.95. The molecule has 0 spiro atoms. The molecule has 0 bridgehead atoms. The Morgan fingerprint density at radius 2 is 1.61 bits per heavy atom. The molecule has 0 saturated carbocycles. The SMILES string of the molecule is Cn1c(CN2CCN(c3ccccc3Cl)CC2)c(Br)c(=O)n1-c1ccccc1. The topological polar surface area (TPSA) is 33.4 Å². The van der Waals surface area contributed by atoms with Gasteiger partial charge in [-0.05, 0) is 40.2 Å². The second-order valence-corrected chi connectivity index (χ2v) is 8.15. The van der Waals surface area contributed by atoms with Gasteiger partial charge in [0.05, 0.1) is 22.1 Å². The number of para-hydroxylation sites is 2. The van der Waals surface area contributed by atoms with E-state index < -0.39 is 0 Å². The Kier molecular flexibility index (Phi) is 5.62. The average Bonchev–Trinajstić information content (AvgIpc) is 2.93. The van der Waals surface area contributed by atoms with Gasteiger partial charge in [-0.1, -0.05) is 41.9 Å². The van der Waals surface area contributed by atoms with Gasteiger partial charge in [0.15, 0.2) is 0 Å². The van der Waals surface area contributed by atoms with Crippen molar-refractivity contribution in [2.24, 2.45) is 7.05 Å². The molecule has 5 nitrogen and oxygen atoms in total. The van der Waals surface area contributed by atoms with E-state index in [0.29, 0.717) is 4.47 Å². The van der Waals surface area contributed by atoms with E-state index in [1.54, 1.807) is 4.68 Å². The molecule has 146 valence electrons. The van der Waals surface area contributed by atoms with Gasteiger partial charge >= 0.3 is 0 Å². The molecule has 28 heavy (non-hydrogen) atoms. The second kappa shape index (κ2) is 8.15. The number of anilines is 1. The predicted octanol–water partition coefficient (Wildman–Crippen LogP) is 3.91. The predicted molar refractivity (Wildman–Crippen MR) is 118 cm³/mol. The van der Waals surface area contributed by atoms with Crippen molar-refractivity contribution in [2.45, 2.75) is 6.54 Å². The molecule has 1 saturated heterocycles. The summed E-state index contributed by atoms with van der Waals surface area (Å²) < 4.78 is 4.29. The zero-order valence-electron chi connectivity index (χ0n) is 15.7. The lowest BCUT2D eigenvalue weighted by molar-refractivity contribution is 0.242. The van der Waals surface area contributed by atoms with Crippen LogP contribution >= 0.6 is 27.5 Å². The first-order valence-corrected chi connectivity index (χ1v) is 10.5. The Hall–Kier alpha value is -2.02. The number of aromatic nitrogens is 2. The van der Waals surface area contributed by atoms with Crippen LogP contribution in [0.2, 0.25) is 5.02 Å². The summed E-state index contributed by atoms with van der Waals surface area (Å²) in [6, 6.07) is 17.7. The lowest BCUT2D eigenvalue weighted by Crippen LogP contribution is -2.46. The van der Waals surface area contributed by atoms with Crippen LogP contribution in [-0.4, -0.2) is 40.4 Å². The zero-order valence-corrected chi connectivity index (χ0v) is 18.0. The molecule has 0 amide bonds. The third-order valence-electron chi connectivity index (χ3n) is 5.26. The molecule has 7 heteroatoms. The molecule has 0 aliphatic carbocycles. The third-order valence-corrected chi connectivity index (χ3v) is 6.38. The molecular weight excluding hydrogens is 440 g/mol. The highest BCUT2D eigenvalue weighted by Gasteiger charge is 2.23. The summed E-state index contributed by atoms with van der Waals surface area (Å²) in [6.45, 7) is 4.39. The molecule has 4 rings (SSSR count). The normalized spacial score (nSPS) is 15.2. The van der Waals surface area contributed by atoms with E-state index in [1.165, 1.54) is 0 Å². The highest BCUT2D eigenvalue weighted by molar-refractivity contribution is 9.10. The molecule has 0 unspecified atom stereocenters. The van der Waals surface area contributed by atoms with Crippen molar-refractivity contribution in [3.8, 4) is 5.69 Å². The van der Waals surface area contributed by atoms with Crippen molar-refractivity contribution >= 4 is 33.2 Å². The van der Waals surface area contributed by atoms with Crippen LogP contribution in [0.3, 0.4) is 0 Å². The number of rotatable bonds is 4. The molecular formula is C21H22BrClN4O. The van der Waals surface area contributed by atoms with E-state index in [-0.39, 0.29) is 5.56 Å². The van der Waals surface area contributed by atoms with Gasteiger partial charge in [-0.15, -0.1) is 0 Å². The minimum atomic E-state index is -0.0293. The minimum Gasteiger partial charge on any atom is -0.368 e. The maximum atomic E-state index is 12.8. The number of halogens is 2. The van der Waals surface area contributed by atoms with Crippen LogP contribution in [0, 0.1) is 0 Å². The van der Waals surface area contributed by atoms with Crippen molar-refractivity contribution in [1.29, 1.82) is 0 Å². The van der Waals surface area contributed by atoms with Crippen LogP contribution in [0.25, 0.3) is 5.69 Å². The van der Waals surface area contributed by atoms with Gasteiger partial charge in [-0.2, -0.15) is 0 Å². The number of hydrogen-bond acceptors (Lipinski definition) is 3. The van der Waals surface area contributed by atoms with Crippen LogP contribution in [0.4, 0.5) is 5.69 Å². The molecule has 1 aromatic heterocycles. The average molecular weight is 462 g/mol. The quantitative estimate of drug-likeness (QED) is 0.591. The van der Waals surface area contributed by atoms with Gasteiger partial charge in [0.25, 0.3) is 5.56 Å². The van der Waals surface area contributed by atoms with Crippen LogP contribution in [0.1, 0.15) is 5.69 Å². The minimum absolute atomic E-state index is 0.0293. The third kappa shape index (κ3) is 3.64. The smallest absolute Gasteiger partial charge is 0.286 e. The van der Waals surface area contributed by atoms with E-state index in [9.17, 15) is 4.79 Å². The van der Waals surface area contributed by atoms with Gasteiger partial charge in [-0.3, -0.25) is 14.4 Å². The van der Waals surface area contributed by atoms with E-state index in [0.717, 1.165) is 54.8 Å². The molecule has 0 N–H and O–H groups in total. The van der Waals surface area contributed by atoms with Crippen LogP contribution < -0.4 is 10.5 Å². The highest BCUT2D eigenvalue weighted by atomic mass is 79.9. The van der Waals surface area contributed by atoms with Crippen LogP contribution in [0.15, 0.2) is 63.9 Å². The first-order valence-electron chi connectivity index (χ1n) is 9.30. The molecule has 1 aliphatic rings. The Morgan fingerprint density at radius 3 is 2.29 bits per heavy atom. The van der Waals surface area contributed by atoms with E-state index >= 15 is 0 Å². The molecule has 0 atom stereocenters. The maximum absolute atomic E-state index is 12.8. The first-order chi connectivity index (χ1) is 13.6. The first kappa shape index (κ1) is 19.3. The Morgan fingerprint density at radius 1 is 0.964 bits per heavy atom. The van der Waals surface area contributed by atoms with Crippen molar-refractivity contribution in [2.75, 3.05) is 31.1 Å². The summed E-state index contributed by atoms with van der Waals surface area (Å²) in [5.74, 6) is 0. The van der Waals surface area contributed by atoms with Crippen molar-refractivity contribution < 1.29 is 0 Å². The summed E-state index contributed by atoms with van der Waals surface area (Å²) in [7, 11) is 1.94. The molecule has 1 fully saturated rings. The summed E-state index contributed by atoms with van der Waals surface area (Å²) in [5.41, 5.74) is 2.91. The standard InChI is InChI=1S/C21H22BrClN4O/c1-24-19(20(22)21(28)27(24)16-7-3-2-4-8-16)15-25-11-13-26(14-12-25)18-10-6-5-9-17(18)23/h2-10H,11-15H2,1H3. The molecule has 0 radical (unpaired) electrons. The molecule has 3 aromatic rings. The van der Waals surface area contributed by atoms with Gasteiger partial charge in [0, 0.05) is 39.8 Å². The molecule has 2 aromatic carbocycles. The lowest BCUT2D eigenvalue weighted by Gasteiger charge is -2.36. The monoisotopic (exact) mass is 460 g/mol. The Labute approximate surface area is 177 Å². The molecule has 1 aliphatic heterocycles. The van der Waals surface area contributed by atoms with Crippen molar-refractivity contribution in [3.63, 3.8) is 0 Å². The number of benzene rings is 2. The van der Waals surface area contributed by atoms with E-state index in [2.05, 4.69) is 31.8 Å². The van der Waals surface area contributed by atoms with Gasteiger partial charge in [0.2, 0.25) is 0 Å². The fourth-order valence-corrected chi connectivity index (χ4v) is 4.52. The van der Waals surface area contributed by atoms with Gasteiger partial charge < -0.3 is 4.90 Å². The zero-order chi connectivity index (χ0) is 19.7. The Balaban J connectivity index is 1.51. The van der Waals surface area contributed by atoms with Gasteiger partial charge in [-0.25, -0.2) is 4.68 Å². The van der Waals surface area contributed by atoms with Crippen LogP contribution in [-0.2, 0) is 13.6 Å². The Bertz CT molecular complexity index is 1020. The molecule has 2 heterocycles. The van der Waals surface area contributed by atoms with Crippen molar-refractivity contribution in [3.05, 3.63) is 80.1 Å². The van der Waals surface area contributed by atoms with E-state index in [4.69, 9.17) is 11.6 Å². The highest BCUT2D eigenvalue weighted by Crippen LogP contribution is 2.26. The summed E-state index contributed by atoms with van der Waals surface area (Å²) in [6.07, 6.45) is 0. The fraction of sp³-hybridized carbons (Fsp3) is 0.286. The van der Waals surface area contributed by atoms with Crippen LogP contribution in [0.5, 0.6) is 0 Å².